The molecule has 0 aromatic rings. The summed E-state index contributed by atoms with van der Waals surface area (Å²) in [5, 5.41) is 0. The molecule has 0 radical (unpaired) electrons. The number of hydrogen-bond acceptors (Lipinski definition) is 2. The summed E-state index contributed by atoms with van der Waals surface area (Å²) in [5.74, 6) is 3.33. The minimum absolute atomic E-state index is 0.0303. The molecule has 4 aliphatic rings. The topological polar surface area (TPSA) is 26.3 Å². The van der Waals surface area contributed by atoms with E-state index >= 15 is 0 Å². The Kier molecular flexibility index (Phi) is 3.02. The molecular weight excluding hydrogens is 284 g/mol. The first-order valence-electron chi connectivity index (χ1n) is 9.75. The fourth-order valence-electron chi connectivity index (χ4n) is 7.36. The summed E-state index contributed by atoms with van der Waals surface area (Å²) >= 11 is 0. The van der Waals surface area contributed by atoms with E-state index in [2.05, 4.69) is 41.5 Å². The van der Waals surface area contributed by atoms with Crippen LogP contribution in [0, 0.1) is 39.9 Å². The van der Waals surface area contributed by atoms with E-state index in [-0.39, 0.29) is 27.8 Å². The van der Waals surface area contributed by atoms with Crippen molar-refractivity contribution in [3.05, 3.63) is 0 Å². The maximum absolute atomic E-state index is 13.3. The van der Waals surface area contributed by atoms with Crippen LogP contribution in [0.1, 0.15) is 80.1 Å². The molecule has 4 fully saturated rings. The van der Waals surface area contributed by atoms with Crippen molar-refractivity contribution in [2.24, 2.45) is 39.9 Å². The van der Waals surface area contributed by atoms with Crippen LogP contribution >= 0.6 is 0 Å². The summed E-state index contributed by atoms with van der Waals surface area (Å²) in [6.45, 7) is 13.3. The first-order valence-corrected chi connectivity index (χ1v) is 9.75. The molecule has 0 aromatic heterocycles. The van der Waals surface area contributed by atoms with Gasteiger partial charge in [-0.1, -0.05) is 41.0 Å². The van der Waals surface area contributed by atoms with Gasteiger partial charge in [0.05, 0.1) is 5.41 Å². The van der Waals surface area contributed by atoms with E-state index in [4.69, 9.17) is 4.74 Å². The van der Waals surface area contributed by atoms with Gasteiger partial charge in [-0.25, -0.2) is 0 Å². The lowest BCUT2D eigenvalue weighted by Crippen LogP contribution is -2.47. The van der Waals surface area contributed by atoms with Gasteiger partial charge in [0.2, 0.25) is 0 Å². The molecule has 4 aliphatic carbocycles. The lowest BCUT2D eigenvalue weighted by atomic mass is 9.71. The molecule has 2 nitrogen and oxygen atoms in total. The largest absolute Gasteiger partial charge is 0.459 e. The molecule has 2 bridgehead atoms. The summed E-state index contributed by atoms with van der Waals surface area (Å²) in [7, 11) is 0. The lowest BCUT2D eigenvalue weighted by Gasteiger charge is -2.42. The van der Waals surface area contributed by atoms with Crippen molar-refractivity contribution in [1.82, 2.24) is 0 Å². The fraction of sp³-hybridized carbons (Fsp3) is 0.952. The Morgan fingerprint density at radius 2 is 1.70 bits per heavy atom. The maximum atomic E-state index is 13.3. The van der Waals surface area contributed by atoms with Gasteiger partial charge >= 0.3 is 5.97 Å². The number of carbonyl (C=O) groups is 1. The number of hydrogen-bond donors (Lipinski definition) is 0. The fourth-order valence-corrected chi connectivity index (χ4v) is 7.36. The first-order chi connectivity index (χ1) is 10.5. The van der Waals surface area contributed by atoms with Crippen LogP contribution in [0.5, 0.6) is 0 Å². The SMILES string of the molecule is CC1(OC(=O)C2(C(C)(C)C)CC2(C)C)CC2CC1C1CCCC21. The van der Waals surface area contributed by atoms with Gasteiger partial charge in [-0.2, -0.15) is 0 Å². The highest BCUT2D eigenvalue weighted by Gasteiger charge is 2.73. The van der Waals surface area contributed by atoms with Crippen LogP contribution in [-0.2, 0) is 9.53 Å². The monoisotopic (exact) mass is 318 g/mol. The minimum atomic E-state index is -0.292. The summed E-state index contributed by atoms with van der Waals surface area (Å²) in [5.41, 5.74) is -0.437. The summed E-state index contributed by atoms with van der Waals surface area (Å²) < 4.78 is 6.39. The van der Waals surface area contributed by atoms with Gasteiger partial charge in [0.15, 0.2) is 0 Å². The molecule has 0 spiro atoms. The molecule has 2 heteroatoms. The van der Waals surface area contributed by atoms with Gasteiger partial charge < -0.3 is 4.74 Å². The summed E-state index contributed by atoms with van der Waals surface area (Å²) in [4.78, 5) is 13.3. The van der Waals surface area contributed by atoms with Crippen LogP contribution < -0.4 is 0 Å². The van der Waals surface area contributed by atoms with Crippen LogP contribution in [0.2, 0.25) is 0 Å². The van der Waals surface area contributed by atoms with Gasteiger partial charge in [-0.15, -0.1) is 0 Å². The highest BCUT2D eigenvalue weighted by atomic mass is 16.6. The molecule has 0 N–H and O–H groups in total. The Balaban J connectivity index is 1.56. The average molecular weight is 319 g/mol. The summed E-state index contributed by atoms with van der Waals surface area (Å²) in [6.07, 6.45) is 7.59. The normalized spacial score (nSPS) is 50.0. The van der Waals surface area contributed by atoms with E-state index in [1.807, 2.05) is 0 Å². The zero-order valence-electron chi connectivity index (χ0n) is 15.9. The molecule has 4 rings (SSSR count). The zero-order chi connectivity index (χ0) is 16.8. The zero-order valence-corrected chi connectivity index (χ0v) is 15.9. The minimum Gasteiger partial charge on any atom is -0.459 e. The molecule has 0 aliphatic heterocycles. The van der Waals surface area contributed by atoms with Crippen molar-refractivity contribution < 1.29 is 9.53 Å². The molecule has 23 heavy (non-hydrogen) atoms. The van der Waals surface area contributed by atoms with Crippen molar-refractivity contribution in [3.63, 3.8) is 0 Å². The quantitative estimate of drug-likeness (QED) is 0.654. The van der Waals surface area contributed by atoms with Crippen molar-refractivity contribution in [3.8, 4) is 0 Å². The van der Waals surface area contributed by atoms with Gasteiger partial charge in [-0.3, -0.25) is 4.79 Å². The number of esters is 1. The molecule has 0 heterocycles. The van der Waals surface area contributed by atoms with Crippen molar-refractivity contribution in [2.75, 3.05) is 0 Å². The maximum Gasteiger partial charge on any atom is 0.313 e. The van der Waals surface area contributed by atoms with E-state index in [1.165, 1.54) is 25.7 Å². The highest BCUT2D eigenvalue weighted by Crippen LogP contribution is 2.73. The van der Waals surface area contributed by atoms with Crippen LogP contribution in [0.3, 0.4) is 0 Å². The van der Waals surface area contributed by atoms with Crippen molar-refractivity contribution >= 4 is 5.97 Å². The summed E-state index contributed by atoms with van der Waals surface area (Å²) in [6, 6.07) is 0. The van der Waals surface area contributed by atoms with Gasteiger partial charge in [0, 0.05) is 5.92 Å². The Bertz CT molecular complexity index is 543. The third-order valence-corrected chi connectivity index (χ3v) is 8.45. The second-order valence-corrected chi connectivity index (χ2v) is 11.0. The number of fused-ring (bicyclic) bond motifs is 5. The smallest absolute Gasteiger partial charge is 0.313 e. The first kappa shape index (κ1) is 16.0. The Labute approximate surface area is 141 Å². The molecular formula is C21H34O2. The van der Waals surface area contributed by atoms with E-state index in [9.17, 15) is 4.79 Å². The Morgan fingerprint density at radius 1 is 1.09 bits per heavy atom. The highest BCUT2D eigenvalue weighted by molar-refractivity contribution is 5.83. The molecule has 0 amide bonds. The van der Waals surface area contributed by atoms with Gasteiger partial charge in [0.1, 0.15) is 5.60 Å². The third kappa shape index (κ3) is 1.90. The van der Waals surface area contributed by atoms with Crippen LogP contribution in [0.25, 0.3) is 0 Å². The molecule has 0 aromatic carbocycles. The van der Waals surface area contributed by atoms with Crippen molar-refractivity contribution in [2.45, 2.75) is 85.7 Å². The predicted octanol–water partition coefficient (Wildman–Crippen LogP) is 5.21. The molecule has 0 saturated heterocycles. The standard InChI is InChI=1S/C21H34O2/c1-18(2,3)21(12-19(21,4)5)17(22)23-20(6)11-13-10-16(20)15-9-7-8-14(13)15/h13-16H,7-12H2,1-6H3. The van der Waals surface area contributed by atoms with E-state index < -0.39 is 0 Å². The average Bonchev–Trinajstić information content (AvgIpc) is 2.78. The molecule has 6 unspecified atom stereocenters. The number of rotatable bonds is 2. The van der Waals surface area contributed by atoms with Crippen LogP contribution in [0.4, 0.5) is 0 Å². The second kappa shape index (κ2) is 4.35. The number of carbonyl (C=O) groups excluding carboxylic acids is 1. The van der Waals surface area contributed by atoms with Gasteiger partial charge in [-0.05, 0) is 67.6 Å². The Morgan fingerprint density at radius 3 is 2.26 bits per heavy atom. The lowest BCUT2D eigenvalue weighted by molar-refractivity contribution is -0.180. The van der Waals surface area contributed by atoms with E-state index in [1.54, 1.807) is 0 Å². The molecule has 130 valence electrons. The van der Waals surface area contributed by atoms with E-state index in [0.717, 1.165) is 30.6 Å². The third-order valence-electron chi connectivity index (χ3n) is 8.45. The van der Waals surface area contributed by atoms with Crippen LogP contribution in [0.15, 0.2) is 0 Å². The van der Waals surface area contributed by atoms with Gasteiger partial charge in [0.25, 0.3) is 0 Å². The number of ether oxygens (including phenoxy) is 1. The second-order valence-electron chi connectivity index (χ2n) is 11.0. The molecule has 4 saturated carbocycles. The Hall–Kier alpha value is -0.530. The molecule has 6 atom stereocenters. The van der Waals surface area contributed by atoms with Crippen molar-refractivity contribution in [1.29, 1.82) is 0 Å². The van der Waals surface area contributed by atoms with Crippen LogP contribution in [-0.4, -0.2) is 11.6 Å². The predicted molar refractivity (Wildman–Crippen MR) is 91.8 cm³/mol. The van der Waals surface area contributed by atoms with E-state index in [0.29, 0.717) is 5.92 Å².